The first-order valence-electron chi connectivity index (χ1n) is 5.22. The maximum absolute atomic E-state index is 11.9. The zero-order valence-electron chi connectivity index (χ0n) is 10.3. The number of carbonyl (C=O) groups is 1. The van der Waals surface area contributed by atoms with E-state index in [0.717, 1.165) is 0 Å². The lowest BCUT2D eigenvalue weighted by molar-refractivity contribution is -0.384. The number of rotatable bonds is 4. The lowest BCUT2D eigenvalue weighted by Gasteiger charge is -2.23. The molecule has 0 aliphatic carbocycles. The van der Waals surface area contributed by atoms with Gasteiger partial charge in [0.25, 0.3) is 5.69 Å². The van der Waals surface area contributed by atoms with Crippen molar-refractivity contribution in [3.8, 4) is 0 Å². The first-order chi connectivity index (χ1) is 8.27. The summed E-state index contributed by atoms with van der Waals surface area (Å²) in [7, 11) is 1.67. The van der Waals surface area contributed by atoms with Crippen molar-refractivity contribution in [3.63, 3.8) is 0 Å². The molecular weight excluding hydrogens is 302 g/mol. The summed E-state index contributed by atoms with van der Waals surface area (Å²) in [4.78, 5) is 22.1. The maximum atomic E-state index is 11.9. The molecule has 1 rings (SSSR count). The first kappa shape index (κ1) is 14.6. The van der Waals surface area contributed by atoms with Gasteiger partial charge in [-0.25, -0.2) is 0 Å². The normalized spacial score (nSPS) is 11.1. The first-order valence-corrected chi connectivity index (χ1v) is 6.01. The van der Waals surface area contributed by atoms with Crippen LogP contribution in [0.15, 0.2) is 22.7 Å². The highest BCUT2D eigenvalue weighted by Gasteiger charge is 2.26. The van der Waals surface area contributed by atoms with Gasteiger partial charge < -0.3 is 10.6 Å². The van der Waals surface area contributed by atoms with Crippen LogP contribution in [0.25, 0.3) is 0 Å². The summed E-state index contributed by atoms with van der Waals surface area (Å²) in [6.45, 7) is 3.43. The van der Waals surface area contributed by atoms with Gasteiger partial charge in [-0.2, -0.15) is 0 Å². The number of nitro groups is 1. The van der Waals surface area contributed by atoms with Crippen molar-refractivity contribution in [2.45, 2.75) is 19.4 Å². The topological polar surface area (TPSA) is 84.3 Å². The van der Waals surface area contributed by atoms with Gasteiger partial charge in [0.15, 0.2) is 0 Å². The molecule has 0 unspecified atom stereocenters. The van der Waals surface area contributed by atoms with Gasteiger partial charge in [-0.05, 0) is 42.9 Å². The molecule has 1 amide bonds. The number of hydrogen-bond acceptors (Lipinski definition) is 4. The fraction of sp³-hybridized carbons (Fsp3) is 0.364. The van der Waals surface area contributed by atoms with E-state index in [1.54, 1.807) is 20.9 Å². The number of non-ortho nitro benzene ring substituents is 1. The van der Waals surface area contributed by atoms with Crippen LogP contribution in [-0.4, -0.2) is 23.4 Å². The van der Waals surface area contributed by atoms with Crippen LogP contribution in [0, 0.1) is 10.1 Å². The molecule has 0 aliphatic rings. The van der Waals surface area contributed by atoms with Crippen LogP contribution in [0.4, 0.5) is 11.4 Å². The molecule has 1 aromatic rings. The predicted octanol–water partition coefficient (Wildman–Crippen LogP) is 2.29. The van der Waals surface area contributed by atoms with Crippen LogP contribution in [0.5, 0.6) is 0 Å². The molecule has 0 heterocycles. The molecule has 1 aromatic carbocycles. The molecule has 0 atom stereocenters. The molecule has 0 aromatic heterocycles. The van der Waals surface area contributed by atoms with E-state index < -0.39 is 10.5 Å². The van der Waals surface area contributed by atoms with E-state index >= 15 is 0 Å². The molecule has 2 N–H and O–H groups in total. The highest BCUT2D eigenvalue weighted by Crippen LogP contribution is 2.27. The zero-order valence-corrected chi connectivity index (χ0v) is 11.9. The summed E-state index contributed by atoms with van der Waals surface area (Å²) in [6.07, 6.45) is 0. The molecular formula is C11H14BrN3O3. The minimum atomic E-state index is -0.760. The van der Waals surface area contributed by atoms with Crippen molar-refractivity contribution in [1.82, 2.24) is 5.32 Å². The molecule has 0 spiro atoms. The monoisotopic (exact) mass is 315 g/mol. The number of benzene rings is 1. The fourth-order valence-electron chi connectivity index (χ4n) is 1.11. The van der Waals surface area contributed by atoms with E-state index in [0.29, 0.717) is 10.2 Å². The Bertz CT molecular complexity index is 488. The van der Waals surface area contributed by atoms with Crippen LogP contribution in [0.2, 0.25) is 0 Å². The summed E-state index contributed by atoms with van der Waals surface area (Å²) in [5, 5.41) is 16.2. The molecule has 98 valence electrons. The number of nitro benzene ring substituents is 1. The SMILES string of the molecule is CNC(C)(C)C(=O)Nc1cc([N+](=O)[O-])ccc1Br. The Balaban J connectivity index is 3.01. The van der Waals surface area contributed by atoms with E-state index in [1.165, 1.54) is 18.2 Å². The van der Waals surface area contributed by atoms with E-state index in [-0.39, 0.29) is 11.6 Å². The van der Waals surface area contributed by atoms with Crippen molar-refractivity contribution < 1.29 is 9.72 Å². The maximum Gasteiger partial charge on any atom is 0.271 e. The Morgan fingerprint density at radius 3 is 2.56 bits per heavy atom. The summed E-state index contributed by atoms with van der Waals surface area (Å²) in [5.74, 6) is -0.272. The highest BCUT2D eigenvalue weighted by molar-refractivity contribution is 9.10. The summed E-state index contributed by atoms with van der Waals surface area (Å²) >= 11 is 3.24. The Morgan fingerprint density at radius 2 is 2.06 bits per heavy atom. The number of hydrogen-bond donors (Lipinski definition) is 2. The lowest BCUT2D eigenvalue weighted by Crippen LogP contribution is -2.47. The standard InChI is InChI=1S/C11H14BrN3O3/c1-11(2,13-3)10(16)14-9-6-7(15(17)18)4-5-8(9)12/h4-6,13H,1-3H3,(H,14,16). The number of likely N-dealkylation sites (N-methyl/N-ethyl adjacent to an activating group) is 1. The van der Waals surface area contributed by atoms with Crippen LogP contribution in [0.1, 0.15) is 13.8 Å². The Hall–Kier alpha value is -1.47. The van der Waals surface area contributed by atoms with Gasteiger partial charge in [0.05, 0.1) is 16.1 Å². The van der Waals surface area contributed by atoms with Gasteiger partial charge in [0.1, 0.15) is 0 Å². The van der Waals surface area contributed by atoms with Crippen molar-refractivity contribution >= 4 is 33.2 Å². The second-order valence-electron chi connectivity index (χ2n) is 4.25. The molecule has 18 heavy (non-hydrogen) atoms. The van der Waals surface area contributed by atoms with Crippen LogP contribution in [-0.2, 0) is 4.79 Å². The predicted molar refractivity (Wildman–Crippen MR) is 72.6 cm³/mol. The van der Waals surface area contributed by atoms with Gasteiger partial charge >= 0.3 is 0 Å². The summed E-state index contributed by atoms with van der Waals surface area (Å²) in [5.41, 5.74) is -0.461. The molecule has 7 heteroatoms. The van der Waals surface area contributed by atoms with Crippen LogP contribution >= 0.6 is 15.9 Å². The largest absolute Gasteiger partial charge is 0.323 e. The molecule has 0 aliphatic heterocycles. The average molecular weight is 316 g/mol. The van der Waals surface area contributed by atoms with Crippen LogP contribution in [0.3, 0.4) is 0 Å². The number of anilines is 1. The van der Waals surface area contributed by atoms with E-state index in [2.05, 4.69) is 26.6 Å². The second-order valence-corrected chi connectivity index (χ2v) is 5.10. The van der Waals surface area contributed by atoms with Gasteiger partial charge in [-0.3, -0.25) is 14.9 Å². The van der Waals surface area contributed by atoms with E-state index in [1.807, 2.05) is 0 Å². The van der Waals surface area contributed by atoms with E-state index in [4.69, 9.17) is 0 Å². The molecule has 0 radical (unpaired) electrons. The minimum absolute atomic E-state index is 0.0734. The average Bonchev–Trinajstić information content (AvgIpc) is 2.31. The third-order valence-electron chi connectivity index (χ3n) is 2.60. The third-order valence-corrected chi connectivity index (χ3v) is 3.29. The lowest BCUT2D eigenvalue weighted by atomic mass is 10.1. The van der Waals surface area contributed by atoms with Gasteiger partial charge in [-0.15, -0.1) is 0 Å². The van der Waals surface area contributed by atoms with Gasteiger partial charge in [0, 0.05) is 16.6 Å². The smallest absolute Gasteiger partial charge is 0.271 e. The summed E-state index contributed by atoms with van der Waals surface area (Å²) in [6, 6.07) is 4.21. The number of nitrogens with one attached hydrogen (secondary N) is 2. The second kappa shape index (κ2) is 5.45. The van der Waals surface area contributed by atoms with Crippen molar-refractivity contribution in [3.05, 3.63) is 32.8 Å². The number of carbonyl (C=O) groups excluding carboxylic acids is 1. The van der Waals surface area contributed by atoms with Gasteiger partial charge in [-0.1, -0.05) is 0 Å². The zero-order chi connectivity index (χ0) is 13.9. The van der Waals surface area contributed by atoms with Crippen molar-refractivity contribution in [2.75, 3.05) is 12.4 Å². The Morgan fingerprint density at radius 1 is 1.44 bits per heavy atom. The van der Waals surface area contributed by atoms with Crippen LogP contribution < -0.4 is 10.6 Å². The highest BCUT2D eigenvalue weighted by atomic mass is 79.9. The van der Waals surface area contributed by atoms with Crippen molar-refractivity contribution in [1.29, 1.82) is 0 Å². The van der Waals surface area contributed by atoms with Gasteiger partial charge in [0.2, 0.25) is 5.91 Å². The number of halogens is 1. The van der Waals surface area contributed by atoms with E-state index in [9.17, 15) is 14.9 Å². The summed E-state index contributed by atoms with van der Waals surface area (Å²) < 4.78 is 0.591. The molecule has 0 bridgehead atoms. The third kappa shape index (κ3) is 3.27. The number of nitrogens with zero attached hydrogens (tertiary/aromatic N) is 1. The quantitative estimate of drug-likeness (QED) is 0.659. The minimum Gasteiger partial charge on any atom is -0.323 e. The number of amides is 1. The molecule has 0 fully saturated rings. The Labute approximate surface area is 113 Å². The molecule has 6 nitrogen and oxygen atoms in total. The fourth-order valence-corrected chi connectivity index (χ4v) is 1.46. The Kier molecular flexibility index (Phi) is 4.42. The molecule has 0 saturated carbocycles. The molecule has 0 saturated heterocycles. The van der Waals surface area contributed by atoms with Crippen molar-refractivity contribution in [2.24, 2.45) is 0 Å².